The zero-order valence-electron chi connectivity index (χ0n) is 11.5. The van der Waals surface area contributed by atoms with Crippen molar-refractivity contribution < 1.29 is 14.7 Å². The number of benzene rings is 1. The summed E-state index contributed by atoms with van der Waals surface area (Å²) in [4.78, 5) is 24.8. The lowest BCUT2D eigenvalue weighted by Gasteiger charge is -2.13. The maximum absolute atomic E-state index is 12.3. The highest BCUT2D eigenvalue weighted by molar-refractivity contribution is 8.26. The van der Waals surface area contributed by atoms with Crippen molar-refractivity contribution in [1.29, 1.82) is 0 Å². The summed E-state index contributed by atoms with van der Waals surface area (Å²) in [5.74, 6) is -1.01. The quantitative estimate of drug-likeness (QED) is 0.667. The van der Waals surface area contributed by atoms with Crippen molar-refractivity contribution in [2.75, 3.05) is 6.54 Å². The zero-order chi connectivity index (χ0) is 15.4. The third kappa shape index (κ3) is 4.15. The van der Waals surface area contributed by atoms with Gasteiger partial charge in [-0.2, -0.15) is 0 Å². The van der Waals surface area contributed by atoms with Crippen LogP contribution >= 0.6 is 24.0 Å². The van der Waals surface area contributed by atoms with Crippen LogP contribution in [0.4, 0.5) is 0 Å². The highest BCUT2D eigenvalue weighted by Gasteiger charge is 2.31. The van der Waals surface area contributed by atoms with E-state index in [1.807, 2.05) is 37.3 Å². The van der Waals surface area contributed by atoms with E-state index in [4.69, 9.17) is 17.3 Å². The summed E-state index contributed by atoms with van der Waals surface area (Å²) < 4.78 is 0.490. The number of aliphatic carboxylic acids is 1. The van der Waals surface area contributed by atoms with Gasteiger partial charge in [-0.3, -0.25) is 14.5 Å². The van der Waals surface area contributed by atoms with Gasteiger partial charge >= 0.3 is 5.97 Å². The fraction of sp³-hybridized carbons (Fsp3) is 0.267. The molecule has 110 valence electrons. The highest BCUT2D eigenvalue weighted by Crippen LogP contribution is 2.32. The summed E-state index contributed by atoms with van der Waals surface area (Å²) in [6, 6.07) is 7.87. The van der Waals surface area contributed by atoms with E-state index in [0.29, 0.717) is 22.2 Å². The Hall–Kier alpha value is -1.66. The van der Waals surface area contributed by atoms with Crippen molar-refractivity contribution in [2.24, 2.45) is 0 Å². The number of thiocarbonyl (C=S) groups is 1. The summed E-state index contributed by atoms with van der Waals surface area (Å²) in [5, 5.41) is 8.64. The van der Waals surface area contributed by atoms with Crippen LogP contribution in [-0.2, 0) is 9.59 Å². The number of amides is 1. The van der Waals surface area contributed by atoms with Gasteiger partial charge in [-0.05, 0) is 25.0 Å². The lowest BCUT2D eigenvalue weighted by atomic mass is 10.1. The van der Waals surface area contributed by atoms with Crippen LogP contribution in [0.3, 0.4) is 0 Å². The minimum atomic E-state index is -0.865. The van der Waals surface area contributed by atoms with Crippen LogP contribution in [0.1, 0.15) is 24.0 Å². The van der Waals surface area contributed by atoms with E-state index >= 15 is 0 Å². The number of carboxylic acid groups (broad SMARTS) is 1. The second kappa shape index (κ2) is 6.87. The third-order valence-corrected chi connectivity index (χ3v) is 4.40. The molecule has 0 aromatic heterocycles. The normalized spacial score (nSPS) is 16.8. The molecule has 0 spiro atoms. The van der Waals surface area contributed by atoms with Crippen molar-refractivity contribution in [3.05, 3.63) is 40.3 Å². The second-order valence-corrected chi connectivity index (χ2v) is 6.42. The molecule has 1 amide bonds. The highest BCUT2D eigenvalue weighted by atomic mass is 32.2. The van der Waals surface area contributed by atoms with Crippen LogP contribution < -0.4 is 0 Å². The van der Waals surface area contributed by atoms with Crippen LogP contribution in [-0.4, -0.2) is 32.7 Å². The van der Waals surface area contributed by atoms with Gasteiger partial charge in [-0.1, -0.05) is 53.8 Å². The van der Waals surface area contributed by atoms with Gasteiger partial charge in [0.25, 0.3) is 5.91 Å². The van der Waals surface area contributed by atoms with Crippen molar-refractivity contribution >= 4 is 46.3 Å². The van der Waals surface area contributed by atoms with E-state index in [1.54, 1.807) is 0 Å². The molecule has 1 aliphatic heterocycles. The predicted molar refractivity (Wildman–Crippen MR) is 87.9 cm³/mol. The Morgan fingerprint density at radius 3 is 2.67 bits per heavy atom. The number of carboxylic acids is 1. The summed E-state index contributed by atoms with van der Waals surface area (Å²) in [6.07, 6.45) is 2.25. The lowest BCUT2D eigenvalue weighted by Crippen LogP contribution is -2.29. The first-order chi connectivity index (χ1) is 9.97. The molecule has 1 N–H and O–H groups in total. The smallest absolute Gasteiger partial charge is 0.303 e. The van der Waals surface area contributed by atoms with Crippen LogP contribution in [0, 0.1) is 6.92 Å². The molecule has 0 radical (unpaired) electrons. The van der Waals surface area contributed by atoms with Crippen LogP contribution in [0.15, 0.2) is 29.2 Å². The van der Waals surface area contributed by atoms with Gasteiger partial charge in [0.15, 0.2) is 0 Å². The molecule has 0 aliphatic carbocycles. The third-order valence-electron chi connectivity index (χ3n) is 3.02. The molecule has 1 aliphatic rings. The fourth-order valence-electron chi connectivity index (χ4n) is 1.90. The Morgan fingerprint density at radius 2 is 2.05 bits per heavy atom. The van der Waals surface area contributed by atoms with Gasteiger partial charge in [0, 0.05) is 13.0 Å². The van der Waals surface area contributed by atoms with E-state index in [2.05, 4.69) is 0 Å². The average molecular weight is 321 g/mol. The minimum absolute atomic E-state index is 0.0358. The van der Waals surface area contributed by atoms with Gasteiger partial charge < -0.3 is 5.11 Å². The standard InChI is InChI=1S/C15H15NO3S2/c1-10-4-6-11(7-5-10)9-12-14(19)16(15(20)21-12)8-2-3-13(17)18/h4-7,9H,2-3,8H2,1H3,(H,17,18). The Morgan fingerprint density at radius 1 is 1.38 bits per heavy atom. The number of nitrogens with zero attached hydrogens (tertiary/aromatic N) is 1. The van der Waals surface area contributed by atoms with Gasteiger partial charge in [0.05, 0.1) is 4.91 Å². The fourth-order valence-corrected chi connectivity index (χ4v) is 3.20. The first kappa shape index (κ1) is 15.7. The molecule has 0 saturated carbocycles. The molecule has 2 rings (SSSR count). The van der Waals surface area contributed by atoms with Crippen molar-refractivity contribution in [3.63, 3.8) is 0 Å². The number of carbonyl (C=O) groups excluding carboxylic acids is 1. The van der Waals surface area contributed by atoms with Gasteiger partial charge in [-0.15, -0.1) is 0 Å². The molecule has 6 heteroatoms. The van der Waals surface area contributed by atoms with E-state index in [9.17, 15) is 9.59 Å². The lowest BCUT2D eigenvalue weighted by molar-refractivity contribution is -0.137. The molecule has 0 atom stereocenters. The molecule has 1 aromatic rings. The first-order valence-corrected chi connectivity index (χ1v) is 7.73. The molecule has 1 saturated heterocycles. The van der Waals surface area contributed by atoms with E-state index in [1.165, 1.54) is 16.7 Å². The molecule has 4 nitrogen and oxygen atoms in total. The molecule has 1 aromatic carbocycles. The number of aryl methyl sites for hydroxylation is 1. The van der Waals surface area contributed by atoms with Gasteiger partial charge in [-0.25, -0.2) is 0 Å². The first-order valence-electron chi connectivity index (χ1n) is 6.51. The maximum atomic E-state index is 12.3. The maximum Gasteiger partial charge on any atom is 0.303 e. The molecule has 21 heavy (non-hydrogen) atoms. The number of hydrogen-bond donors (Lipinski definition) is 1. The van der Waals surface area contributed by atoms with Gasteiger partial charge in [0.2, 0.25) is 0 Å². The summed E-state index contributed by atoms with van der Waals surface area (Å²) >= 11 is 6.45. The predicted octanol–water partition coefficient (Wildman–Crippen LogP) is 3.06. The van der Waals surface area contributed by atoms with Crippen molar-refractivity contribution in [1.82, 2.24) is 4.90 Å². The van der Waals surface area contributed by atoms with E-state index < -0.39 is 5.97 Å². The second-order valence-electron chi connectivity index (χ2n) is 4.74. The average Bonchev–Trinajstić information content (AvgIpc) is 2.68. The van der Waals surface area contributed by atoms with E-state index in [-0.39, 0.29) is 12.3 Å². The van der Waals surface area contributed by atoms with Crippen LogP contribution in [0.2, 0.25) is 0 Å². The monoisotopic (exact) mass is 321 g/mol. The minimum Gasteiger partial charge on any atom is -0.481 e. The molecule has 0 unspecified atom stereocenters. The Kier molecular flexibility index (Phi) is 5.14. The number of hydrogen-bond acceptors (Lipinski definition) is 4. The molecule has 1 heterocycles. The molecule has 0 bridgehead atoms. The topological polar surface area (TPSA) is 57.6 Å². The Bertz CT molecular complexity index is 608. The van der Waals surface area contributed by atoms with Crippen LogP contribution in [0.5, 0.6) is 0 Å². The SMILES string of the molecule is Cc1ccc(C=C2SC(=S)N(CCCC(=O)O)C2=O)cc1. The van der Waals surface area contributed by atoms with Crippen LogP contribution in [0.25, 0.3) is 6.08 Å². The summed E-state index contributed by atoms with van der Waals surface area (Å²) in [5.41, 5.74) is 2.11. The molecular weight excluding hydrogens is 306 g/mol. The molecular formula is C15H15NO3S2. The summed E-state index contributed by atoms with van der Waals surface area (Å²) in [6.45, 7) is 2.36. The number of carbonyl (C=O) groups is 2. The van der Waals surface area contributed by atoms with Crippen molar-refractivity contribution in [2.45, 2.75) is 19.8 Å². The summed E-state index contributed by atoms with van der Waals surface area (Å²) in [7, 11) is 0. The Balaban J connectivity index is 2.06. The van der Waals surface area contributed by atoms with Crippen molar-refractivity contribution in [3.8, 4) is 0 Å². The number of rotatable bonds is 5. The zero-order valence-corrected chi connectivity index (χ0v) is 13.2. The van der Waals surface area contributed by atoms with E-state index in [0.717, 1.165) is 11.1 Å². The van der Waals surface area contributed by atoms with Gasteiger partial charge in [0.1, 0.15) is 4.32 Å². The number of thioether (sulfide) groups is 1. The Labute approximate surface area is 132 Å². The largest absolute Gasteiger partial charge is 0.481 e. The molecule has 1 fully saturated rings.